The maximum Gasteiger partial charge on any atom is 0.238 e. The SMILES string of the molecule is CC[C@H](C)n1nccc1NC(=O)[C@@H](C)Sc1nnc(-c2ccc(OC)cc2)n1N. The van der Waals surface area contributed by atoms with Crippen molar-refractivity contribution in [3.8, 4) is 17.1 Å². The molecule has 0 spiro atoms. The van der Waals surface area contributed by atoms with Gasteiger partial charge in [0.2, 0.25) is 11.1 Å². The Kier molecular flexibility index (Phi) is 6.42. The summed E-state index contributed by atoms with van der Waals surface area (Å²) >= 11 is 1.24. The van der Waals surface area contributed by atoms with Gasteiger partial charge in [-0.1, -0.05) is 18.7 Å². The number of nitrogen functional groups attached to an aromatic ring is 1. The van der Waals surface area contributed by atoms with E-state index >= 15 is 0 Å². The molecule has 2 atom stereocenters. The van der Waals surface area contributed by atoms with Gasteiger partial charge in [0, 0.05) is 11.6 Å². The van der Waals surface area contributed by atoms with Gasteiger partial charge in [-0.3, -0.25) is 4.79 Å². The Labute approximate surface area is 173 Å². The van der Waals surface area contributed by atoms with Gasteiger partial charge in [-0.2, -0.15) is 5.10 Å². The lowest BCUT2D eigenvalue weighted by atomic mass is 10.2. The first kappa shape index (κ1) is 20.7. The van der Waals surface area contributed by atoms with E-state index in [9.17, 15) is 4.79 Å². The molecule has 154 valence electrons. The summed E-state index contributed by atoms with van der Waals surface area (Å²) in [6.07, 6.45) is 2.59. The average molecular weight is 416 g/mol. The standard InChI is InChI=1S/C19H25N7O2S/c1-5-12(2)26-16(10-11-21-26)22-18(27)13(3)29-19-24-23-17(25(19)20)14-6-8-15(28-4)9-7-14/h6-13H,5,20H2,1-4H3,(H,22,27)/t12-,13+/m0/s1. The van der Waals surface area contributed by atoms with Gasteiger partial charge in [0.15, 0.2) is 5.82 Å². The molecule has 3 rings (SSSR count). The Morgan fingerprint density at radius 1 is 1.24 bits per heavy atom. The average Bonchev–Trinajstić information content (AvgIpc) is 3.34. The molecule has 9 nitrogen and oxygen atoms in total. The van der Waals surface area contributed by atoms with Gasteiger partial charge < -0.3 is 15.9 Å². The predicted octanol–water partition coefficient (Wildman–Crippen LogP) is 2.95. The lowest BCUT2D eigenvalue weighted by Gasteiger charge is -2.16. The molecular weight excluding hydrogens is 390 g/mol. The van der Waals surface area contributed by atoms with Crippen molar-refractivity contribution in [3.63, 3.8) is 0 Å². The van der Waals surface area contributed by atoms with Gasteiger partial charge in [0.25, 0.3) is 0 Å². The smallest absolute Gasteiger partial charge is 0.238 e. The molecule has 0 aliphatic heterocycles. The number of amides is 1. The van der Waals surface area contributed by atoms with Gasteiger partial charge in [-0.15, -0.1) is 10.2 Å². The van der Waals surface area contributed by atoms with Crippen molar-refractivity contribution in [1.82, 2.24) is 24.7 Å². The highest BCUT2D eigenvalue weighted by atomic mass is 32.2. The van der Waals surface area contributed by atoms with Crippen LogP contribution in [0.25, 0.3) is 11.4 Å². The van der Waals surface area contributed by atoms with Crippen molar-refractivity contribution in [1.29, 1.82) is 0 Å². The first-order chi connectivity index (χ1) is 13.9. The lowest BCUT2D eigenvalue weighted by molar-refractivity contribution is -0.115. The molecular formula is C19H25N7O2S. The maximum atomic E-state index is 12.7. The molecule has 0 bridgehead atoms. The second-order valence-electron chi connectivity index (χ2n) is 6.57. The fraction of sp³-hybridized carbons (Fsp3) is 0.368. The van der Waals surface area contributed by atoms with Crippen LogP contribution >= 0.6 is 11.8 Å². The molecule has 10 heteroatoms. The van der Waals surface area contributed by atoms with E-state index in [1.807, 2.05) is 28.9 Å². The van der Waals surface area contributed by atoms with Crippen LogP contribution in [-0.4, -0.2) is 42.9 Å². The molecule has 0 radical (unpaired) electrons. The zero-order chi connectivity index (χ0) is 21.0. The van der Waals surface area contributed by atoms with Crippen LogP contribution in [0, 0.1) is 0 Å². The molecule has 0 aliphatic rings. The molecule has 0 saturated heterocycles. The van der Waals surface area contributed by atoms with Gasteiger partial charge in [-0.25, -0.2) is 9.36 Å². The number of anilines is 1. The van der Waals surface area contributed by atoms with Crippen LogP contribution in [0.5, 0.6) is 5.75 Å². The second kappa shape index (κ2) is 8.99. The van der Waals surface area contributed by atoms with Crippen LogP contribution in [0.4, 0.5) is 5.82 Å². The first-order valence-corrected chi connectivity index (χ1v) is 10.2. The van der Waals surface area contributed by atoms with Crippen molar-refractivity contribution in [2.45, 2.75) is 43.6 Å². The highest BCUT2D eigenvalue weighted by Gasteiger charge is 2.21. The van der Waals surface area contributed by atoms with Crippen LogP contribution in [0.1, 0.15) is 33.2 Å². The summed E-state index contributed by atoms with van der Waals surface area (Å²) in [7, 11) is 1.61. The lowest BCUT2D eigenvalue weighted by Crippen LogP contribution is -2.25. The first-order valence-electron chi connectivity index (χ1n) is 9.30. The minimum absolute atomic E-state index is 0.158. The third-order valence-electron chi connectivity index (χ3n) is 4.59. The number of nitrogens with zero attached hydrogens (tertiary/aromatic N) is 5. The number of nitrogens with two attached hydrogens (primary N) is 1. The summed E-state index contributed by atoms with van der Waals surface area (Å²) in [6, 6.07) is 9.34. The Morgan fingerprint density at radius 3 is 2.62 bits per heavy atom. The fourth-order valence-electron chi connectivity index (χ4n) is 2.67. The van der Waals surface area contributed by atoms with Crippen molar-refractivity contribution in [2.75, 3.05) is 18.3 Å². The quantitative estimate of drug-likeness (QED) is 0.429. The molecule has 3 aromatic rings. The van der Waals surface area contributed by atoms with E-state index in [2.05, 4.69) is 34.5 Å². The molecule has 2 heterocycles. The van der Waals surface area contributed by atoms with E-state index in [0.29, 0.717) is 16.8 Å². The van der Waals surface area contributed by atoms with Gasteiger partial charge in [0.05, 0.1) is 24.6 Å². The minimum atomic E-state index is -0.425. The van der Waals surface area contributed by atoms with Gasteiger partial charge in [-0.05, 0) is 44.5 Å². The molecule has 0 aliphatic carbocycles. The minimum Gasteiger partial charge on any atom is -0.497 e. The van der Waals surface area contributed by atoms with Crippen molar-refractivity contribution >= 4 is 23.5 Å². The normalized spacial score (nSPS) is 13.1. The molecule has 0 fully saturated rings. The fourth-order valence-corrected chi connectivity index (χ4v) is 3.44. The number of carbonyl (C=O) groups excluding carboxylic acids is 1. The predicted molar refractivity (Wildman–Crippen MR) is 113 cm³/mol. The zero-order valence-electron chi connectivity index (χ0n) is 16.9. The molecule has 0 unspecified atom stereocenters. The summed E-state index contributed by atoms with van der Waals surface area (Å²) in [5.74, 6) is 7.93. The summed E-state index contributed by atoms with van der Waals surface area (Å²) in [5, 5.41) is 15.5. The van der Waals surface area contributed by atoms with E-state index < -0.39 is 5.25 Å². The van der Waals surface area contributed by atoms with Crippen molar-refractivity contribution in [3.05, 3.63) is 36.5 Å². The number of rotatable bonds is 8. The Bertz CT molecular complexity index is 967. The van der Waals surface area contributed by atoms with Crippen LogP contribution in [0.2, 0.25) is 0 Å². The van der Waals surface area contributed by atoms with Crippen molar-refractivity contribution in [2.24, 2.45) is 0 Å². The molecule has 29 heavy (non-hydrogen) atoms. The number of hydrogen-bond acceptors (Lipinski definition) is 7. The van der Waals surface area contributed by atoms with Crippen molar-refractivity contribution < 1.29 is 9.53 Å². The second-order valence-corrected chi connectivity index (χ2v) is 7.88. The number of ether oxygens (including phenoxy) is 1. The topological polar surface area (TPSA) is 113 Å². The van der Waals surface area contributed by atoms with E-state index in [4.69, 9.17) is 10.6 Å². The third-order valence-corrected chi connectivity index (χ3v) is 5.65. The number of aromatic nitrogens is 5. The zero-order valence-corrected chi connectivity index (χ0v) is 17.7. The molecule has 3 N–H and O–H groups in total. The number of benzene rings is 1. The monoisotopic (exact) mass is 415 g/mol. The summed E-state index contributed by atoms with van der Waals surface area (Å²) in [4.78, 5) is 12.7. The van der Waals surface area contributed by atoms with E-state index in [-0.39, 0.29) is 11.9 Å². The Hall–Kier alpha value is -3.01. The van der Waals surface area contributed by atoms with Gasteiger partial charge in [0.1, 0.15) is 11.6 Å². The van der Waals surface area contributed by atoms with E-state index in [0.717, 1.165) is 17.7 Å². The highest BCUT2D eigenvalue weighted by molar-refractivity contribution is 8.00. The van der Waals surface area contributed by atoms with Crippen LogP contribution in [-0.2, 0) is 4.79 Å². The van der Waals surface area contributed by atoms with E-state index in [1.54, 1.807) is 26.3 Å². The van der Waals surface area contributed by atoms with Crippen LogP contribution in [0.3, 0.4) is 0 Å². The number of nitrogens with one attached hydrogen (secondary N) is 1. The summed E-state index contributed by atoms with van der Waals surface area (Å²) in [6.45, 7) is 5.93. The number of hydrogen-bond donors (Lipinski definition) is 2. The molecule has 1 amide bonds. The van der Waals surface area contributed by atoms with Gasteiger partial charge >= 0.3 is 0 Å². The largest absolute Gasteiger partial charge is 0.497 e. The van der Waals surface area contributed by atoms with Crippen LogP contribution in [0.15, 0.2) is 41.7 Å². The third kappa shape index (κ3) is 4.53. The highest BCUT2D eigenvalue weighted by Crippen LogP contribution is 2.27. The molecule has 1 aromatic carbocycles. The molecule has 2 aromatic heterocycles. The number of methoxy groups -OCH3 is 1. The summed E-state index contributed by atoms with van der Waals surface area (Å²) < 4.78 is 8.36. The number of carbonyl (C=O) groups is 1. The van der Waals surface area contributed by atoms with E-state index in [1.165, 1.54) is 16.4 Å². The Morgan fingerprint density at radius 2 is 1.97 bits per heavy atom. The molecule has 0 saturated carbocycles. The van der Waals surface area contributed by atoms with Crippen LogP contribution < -0.4 is 15.9 Å². The number of thioether (sulfide) groups is 1. The maximum absolute atomic E-state index is 12.7. The summed E-state index contributed by atoms with van der Waals surface area (Å²) in [5.41, 5.74) is 0.808. The Balaban J connectivity index is 1.69.